The summed E-state index contributed by atoms with van der Waals surface area (Å²) >= 11 is 0. The lowest BCUT2D eigenvalue weighted by Crippen LogP contribution is -2.43. The van der Waals surface area contributed by atoms with Crippen LogP contribution in [0.1, 0.15) is 32.4 Å². The van der Waals surface area contributed by atoms with E-state index < -0.39 is 4.92 Å². The van der Waals surface area contributed by atoms with Crippen LogP contribution < -0.4 is 5.32 Å². The zero-order chi connectivity index (χ0) is 16.3. The van der Waals surface area contributed by atoms with Crippen LogP contribution in [0.25, 0.3) is 0 Å². The molecule has 22 heavy (non-hydrogen) atoms. The van der Waals surface area contributed by atoms with Crippen molar-refractivity contribution in [1.82, 2.24) is 15.1 Å². The van der Waals surface area contributed by atoms with Gasteiger partial charge < -0.3 is 20.2 Å². The number of nitrogens with zero attached hydrogens (tertiary/aromatic N) is 3. The summed E-state index contributed by atoms with van der Waals surface area (Å²) in [4.78, 5) is 22.4. The van der Waals surface area contributed by atoms with Gasteiger partial charge in [0, 0.05) is 6.61 Å². The maximum Gasteiger partial charge on any atom is 0.390 e. The smallest absolute Gasteiger partial charge is 0.376 e. The quantitative estimate of drug-likeness (QED) is 0.633. The van der Waals surface area contributed by atoms with Gasteiger partial charge >= 0.3 is 5.82 Å². The lowest BCUT2D eigenvalue weighted by molar-refractivity contribution is -0.389. The summed E-state index contributed by atoms with van der Waals surface area (Å²) in [5, 5.41) is 17.6. The molecule has 0 saturated carbocycles. The molecule has 1 aliphatic rings. The van der Waals surface area contributed by atoms with E-state index in [0.29, 0.717) is 12.2 Å². The highest BCUT2D eigenvalue weighted by Gasteiger charge is 2.26. The molecule has 122 valence electrons. The van der Waals surface area contributed by atoms with Crippen molar-refractivity contribution in [2.75, 3.05) is 6.61 Å². The van der Waals surface area contributed by atoms with Gasteiger partial charge in [0.2, 0.25) is 5.91 Å². The fraction of sp³-hybridized carbons (Fsp3) is 0.714. The molecule has 0 aromatic carbocycles. The molecule has 1 amide bonds. The van der Waals surface area contributed by atoms with Crippen LogP contribution in [0, 0.1) is 23.0 Å². The van der Waals surface area contributed by atoms with E-state index in [9.17, 15) is 14.9 Å². The van der Waals surface area contributed by atoms with Crippen LogP contribution in [0.2, 0.25) is 0 Å². The van der Waals surface area contributed by atoms with E-state index in [-0.39, 0.29) is 29.8 Å². The van der Waals surface area contributed by atoms with Crippen LogP contribution in [-0.2, 0) is 16.1 Å². The van der Waals surface area contributed by atoms with Crippen molar-refractivity contribution in [2.45, 2.75) is 52.3 Å². The Morgan fingerprint density at radius 2 is 2.36 bits per heavy atom. The molecule has 2 rings (SSSR count). The molecule has 0 aliphatic carbocycles. The van der Waals surface area contributed by atoms with E-state index in [1.807, 2.05) is 6.92 Å². The Labute approximate surface area is 129 Å². The molecule has 8 nitrogen and oxygen atoms in total. The molecule has 1 N–H and O–H groups in total. The van der Waals surface area contributed by atoms with Crippen molar-refractivity contribution < 1.29 is 14.5 Å². The van der Waals surface area contributed by atoms with Crippen LogP contribution in [-0.4, -0.2) is 39.4 Å². The van der Waals surface area contributed by atoms with E-state index >= 15 is 0 Å². The van der Waals surface area contributed by atoms with Gasteiger partial charge in [-0.2, -0.15) is 4.68 Å². The van der Waals surface area contributed by atoms with Gasteiger partial charge in [-0.15, -0.1) is 0 Å². The Bertz CT molecular complexity index is 551. The van der Waals surface area contributed by atoms with Gasteiger partial charge in [0.25, 0.3) is 0 Å². The lowest BCUT2D eigenvalue weighted by Gasteiger charge is -2.22. The fourth-order valence-corrected chi connectivity index (χ4v) is 2.57. The molecule has 1 aromatic rings. The zero-order valence-electron chi connectivity index (χ0n) is 13.1. The number of carbonyl (C=O) groups excluding carboxylic acids is 1. The van der Waals surface area contributed by atoms with E-state index in [2.05, 4.69) is 10.4 Å². The number of aryl methyl sites for hydroxylation is 1. The maximum absolute atomic E-state index is 12.2. The van der Waals surface area contributed by atoms with Crippen LogP contribution in [0.4, 0.5) is 5.82 Å². The number of hydrogen-bond donors (Lipinski definition) is 1. The molecular weight excluding hydrogens is 288 g/mol. The molecular formula is C14H22N4O4. The molecule has 1 aromatic heterocycles. The van der Waals surface area contributed by atoms with Gasteiger partial charge in [-0.1, -0.05) is 6.92 Å². The SMILES string of the molecule is Cc1cc([N+](=O)[O-])nn1C[C@H](C)C(=O)N[C@H](C)[C@H]1CCCO1. The first-order chi connectivity index (χ1) is 10.4. The summed E-state index contributed by atoms with van der Waals surface area (Å²) in [6.07, 6.45) is 2.06. The first-order valence-electron chi connectivity index (χ1n) is 7.49. The van der Waals surface area contributed by atoms with E-state index in [1.165, 1.54) is 10.7 Å². The average Bonchev–Trinajstić information content (AvgIpc) is 3.09. The minimum absolute atomic E-state index is 0.0366. The van der Waals surface area contributed by atoms with Crippen LogP contribution in [0.3, 0.4) is 0 Å². The van der Waals surface area contributed by atoms with Crippen molar-refractivity contribution in [3.63, 3.8) is 0 Å². The second-order valence-corrected chi connectivity index (χ2v) is 5.83. The predicted molar refractivity (Wildman–Crippen MR) is 79.4 cm³/mol. The van der Waals surface area contributed by atoms with Gasteiger partial charge in [-0.05, 0) is 31.6 Å². The van der Waals surface area contributed by atoms with Gasteiger partial charge in [0.05, 0.1) is 41.5 Å². The standard InChI is InChI=1S/C14H22N4O4/c1-9(8-17-10(2)7-13(16-17)18(20)21)14(19)15-11(3)12-5-4-6-22-12/h7,9,11-12H,4-6,8H2,1-3H3,(H,15,19)/t9-,11+,12+/m0/s1. The summed E-state index contributed by atoms with van der Waals surface area (Å²) in [5.41, 5.74) is 0.665. The summed E-state index contributed by atoms with van der Waals surface area (Å²) in [5.74, 6) is -0.625. The Balaban J connectivity index is 1.92. The van der Waals surface area contributed by atoms with Crippen LogP contribution >= 0.6 is 0 Å². The maximum atomic E-state index is 12.2. The highest BCUT2D eigenvalue weighted by molar-refractivity contribution is 5.78. The van der Waals surface area contributed by atoms with Crippen molar-refractivity contribution in [3.8, 4) is 0 Å². The molecule has 1 aliphatic heterocycles. The number of nitro groups is 1. The number of amides is 1. The summed E-state index contributed by atoms with van der Waals surface area (Å²) in [6.45, 7) is 6.51. The Morgan fingerprint density at radius 1 is 1.64 bits per heavy atom. The van der Waals surface area contributed by atoms with Crippen molar-refractivity contribution >= 4 is 11.7 Å². The number of nitrogens with one attached hydrogen (secondary N) is 1. The average molecular weight is 310 g/mol. The normalized spacial score (nSPS) is 20.6. The Kier molecular flexibility index (Phi) is 5.12. The molecule has 0 bridgehead atoms. The second-order valence-electron chi connectivity index (χ2n) is 5.83. The first kappa shape index (κ1) is 16.4. The third-order valence-corrected chi connectivity index (χ3v) is 3.94. The van der Waals surface area contributed by atoms with E-state index in [4.69, 9.17) is 4.74 Å². The van der Waals surface area contributed by atoms with Crippen molar-refractivity contribution in [1.29, 1.82) is 0 Å². The van der Waals surface area contributed by atoms with Crippen LogP contribution in [0.15, 0.2) is 6.07 Å². The minimum Gasteiger partial charge on any atom is -0.376 e. The van der Waals surface area contributed by atoms with Gasteiger partial charge in [-0.25, -0.2) is 0 Å². The topological polar surface area (TPSA) is 99.3 Å². The van der Waals surface area contributed by atoms with Crippen molar-refractivity contribution in [2.24, 2.45) is 5.92 Å². The Hall–Kier alpha value is -1.96. The van der Waals surface area contributed by atoms with Gasteiger partial charge in [-0.3, -0.25) is 4.79 Å². The largest absolute Gasteiger partial charge is 0.390 e. The third-order valence-electron chi connectivity index (χ3n) is 3.94. The first-order valence-corrected chi connectivity index (χ1v) is 7.49. The zero-order valence-corrected chi connectivity index (χ0v) is 13.1. The molecule has 1 saturated heterocycles. The summed E-state index contributed by atoms with van der Waals surface area (Å²) in [7, 11) is 0. The summed E-state index contributed by atoms with van der Waals surface area (Å²) < 4.78 is 7.05. The third kappa shape index (κ3) is 3.82. The highest BCUT2D eigenvalue weighted by atomic mass is 16.6. The van der Waals surface area contributed by atoms with E-state index in [1.54, 1.807) is 13.8 Å². The molecule has 1 fully saturated rings. The number of carbonyl (C=O) groups is 1. The number of rotatable bonds is 6. The minimum atomic E-state index is -0.534. The molecule has 0 radical (unpaired) electrons. The predicted octanol–water partition coefficient (Wildman–Crippen LogP) is 1.42. The summed E-state index contributed by atoms with van der Waals surface area (Å²) in [6, 6.07) is 1.37. The number of hydrogen-bond acceptors (Lipinski definition) is 5. The highest BCUT2D eigenvalue weighted by Crippen LogP contribution is 2.16. The van der Waals surface area contributed by atoms with Gasteiger partial charge in [0.15, 0.2) is 0 Å². The van der Waals surface area contributed by atoms with Crippen LogP contribution in [0.5, 0.6) is 0 Å². The molecule has 0 spiro atoms. The van der Waals surface area contributed by atoms with E-state index in [0.717, 1.165) is 19.4 Å². The monoisotopic (exact) mass is 310 g/mol. The molecule has 0 unspecified atom stereocenters. The number of aromatic nitrogens is 2. The fourth-order valence-electron chi connectivity index (χ4n) is 2.57. The number of ether oxygens (including phenoxy) is 1. The Morgan fingerprint density at radius 3 is 2.91 bits per heavy atom. The van der Waals surface area contributed by atoms with Gasteiger partial charge in [0.1, 0.15) is 0 Å². The second kappa shape index (κ2) is 6.87. The molecule has 8 heteroatoms. The lowest BCUT2D eigenvalue weighted by atomic mass is 10.1. The molecule has 2 heterocycles. The molecule has 3 atom stereocenters. The van der Waals surface area contributed by atoms with Crippen molar-refractivity contribution in [3.05, 3.63) is 21.9 Å².